The molecule has 0 aromatic carbocycles. The van der Waals surface area contributed by atoms with Crippen LogP contribution in [0.3, 0.4) is 0 Å². The molecule has 1 aromatic heterocycles. The van der Waals surface area contributed by atoms with Crippen molar-refractivity contribution < 1.29 is 14.2 Å². The number of aryl methyl sites for hydroxylation is 1. The first-order chi connectivity index (χ1) is 10.2. The lowest BCUT2D eigenvalue weighted by atomic mass is 10.3. The third-order valence-corrected chi connectivity index (χ3v) is 2.90. The van der Waals surface area contributed by atoms with Crippen LogP contribution in [0.15, 0.2) is 0 Å². The lowest BCUT2D eigenvalue weighted by molar-refractivity contribution is 0.0535. The SMILES string of the molecule is CCCNc1nc(CC)nc(OCCOCCOC)c1C. The van der Waals surface area contributed by atoms with Gasteiger partial charge in [0.25, 0.3) is 0 Å². The van der Waals surface area contributed by atoms with Crippen molar-refractivity contribution in [3.63, 3.8) is 0 Å². The molecule has 0 aliphatic heterocycles. The number of nitrogens with zero attached hydrogens (tertiary/aromatic N) is 2. The predicted octanol–water partition coefficient (Wildman–Crippen LogP) is 2.21. The highest BCUT2D eigenvalue weighted by Crippen LogP contribution is 2.22. The highest BCUT2D eigenvalue weighted by molar-refractivity contribution is 5.48. The first-order valence-corrected chi connectivity index (χ1v) is 7.53. The fraction of sp³-hybridized carbons (Fsp3) is 0.733. The quantitative estimate of drug-likeness (QED) is 0.632. The van der Waals surface area contributed by atoms with Crippen molar-refractivity contribution in [1.29, 1.82) is 0 Å². The van der Waals surface area contributed by atoms with E-state index >= 15 is 0 Å². The van der Waals surface area contributed by atoms with Crippen molar-refractivity contribution in [1.82, 2.24) is 9.97 Å². The largest absolute Gasteiger partial charge is 0.475 e. The molecule has 1 N–H and O–H groups in total. The van der Waals surface area contributed by atoms with Gasteiger partial charge in [-0.1, -0.05) is 13.8 Å². The van der Waals surface area contributed by atoms with E-state index in [-0.39, 0.29) is 0 Å². The highest BCUT2D eigenvalue weighted by atomic mass is 16.5. The molecule has 0 aliphatic rings. The van der Waals surface area contributed by atoms with Gasteiger partial charge in [0.1, 0.15) is 18.2 Å². The lowest BCUT2D eigenvalue weighted by Crippen LogP contribution is -2.13. The zero-order chi connectivity index (χ0) is 15.5. The third kappa shape index (κ3) is 6.27. The van der Waals surface area contributed by atoms with Crippen molar-refractivity contribution >= 4 is 5.82 Å². The van der Waals surface area contributed by atoms with Crippen LogP contribution in [0.25, 0.3) is 0 Å². The molecule has 0 aliphatic carbocycles. The molecule has 1 aromatic rings. The van der Waals surface area contributed by atoms with Gasteiger partial charge in [0.15, 0.2) is 0 Å². The Morgan fingerprint density at radius 1 is 1.05 bits per heavy atom. The van der Waals surface area contributed by atoms with Crippen LogP contribution in [0.4, 0.5) is 5.82 Å². The molecule has 1 rings (SSSR count). The first-order valence-electron chi connectivity index (χ1n) is 7.53. The van der Waals surface area contributed by atoms with Gasteiger partial charge < -0.3 is 19.5 Å². The van der Waals surface area contributed by atoms with Gasteiger partial charge in [-0.05, 0) is 13.3 Å². The van der Waals surface area contributed by atoms with E-state index in [1.807, 2.05) is 13.8 Å². The van der Waals surface area contributed by atoms with Crippen LogP contribution in [0.5, 0.6) is 5.88 Å². The molecule has 21 heavy (non-hydrogen) atoms. The Labute approximate surface area is 127 Å². The summed E-state index contributed by atoms with van der Waals surface area (Å²) in [5, 5.41) is 3.32. The maximum Gasteiger partial charge on any atom is 0.221 e. The summed E-state index contributed by atoms with van der Waals surface area (Å²) in [6.45, 7) is 9.18. The first kappa shape index (κ1) is 17.7. The van der Waals surface area contributed by atoms with Gasteiger partial charge >= 0.3 is 0 Å². The van der Waals surface area contributed by atoms with Crippen molar-refractivity contribution in [2.24, 2.45) is 0 Å². The average Bonchev–Trinajstić information content (AvgIpc) is 2.50. The Kier molecular flexibility index (Phi) is 8.69. The van der Waals surface area contributed by atoms with Crippen molar-refractivity contribution in [2.45, 2.75) is 33.6 Å². The van der Waals surface area contributed by atoms with E-state index in [2.05, 4.69) is 22.2 Å². The topological polar surface area (TPSA) is 65.5 Å². The smallest absolute Gasteiger partial charge is 0.221 e. The van der Waals surface area contributed by atoms with Gasteiger partial charge in [-0.2, -0.15) is 4.98 Å². The molecule has 0 spiro atoms. The second-order valence-electron chi connectivity index (χ2n) is 4.65. The summed E-state index contributed by atoms with van der Waals surface area (Å²) in [5.74, 6) is 2.28. The van der Waals surface area contributed by atoms with E-state index in [0.717, 1.165) is 36.6 Å². The monoisotopic (exact) mass is 297 g/mol. The van der Waals surface area contributed by atoms with Gasteiger partial charge in [-0.25, -0.2) is 4.98 Å². The molecular weight excluding hydrogens is 270 g/mol. The summed E-state index contributed by atoms with van der Waals surface area (Å²) in [4.78, 5) is 8.95. The summed E-state index contributed by atoms with van der Waals surface area (Å²) in [5.41, 5.74) is 0.942. The van der Waals surface area contributed by atoms with Gasteiger partial charge in [0.2, 0.25) is 5.88 Å². The normalized spacial score (nSPS) is 10.7. The zero-order valence-corrected chi connectivity index (χ0v) is 13.6. The Hall–Kier alpha value is -1.40. The molecule has 120 valence electrons. The Bertz CT molecular complexity index is 413. The average molecular weight is 297 g/mol. The summed E-state index contributed by atoms with van der Waals surface area (Å²) >= 11 is 0. The summed E-state index contributed by atoms with van der Waals surface area (Å²) in [6.07, 6.45) is 1.83. The molecule has 0 atom stereocenters. The Morgan fingerprint density at radius 3 is 2.48 bits per heavy atom. The molecular formula is C15H27N3O3. The van der Waals surface area contributed by atoms with Crippen LogP contribution in [0.1, 0.15) is 31.7 Å². The number of ether oxygens (including phenoxy) is 3. The van der Waals surface area contributed by atoms with Gasteiger partial charge in [0.05, 0.1) is 25.4 Å². The molecule has 0 saturated heterocycles. The van der Waals surface area contributed by atoms with E-state index in [4.69, 9.17) is 14.2 Å². The summed E-state index contributed by atoms with van der Waals surface area (Å²) in [6, 6.07) is 0. The lowest BCUT2D eigenvalue weighted by Gasteiger charge is -2.14. The predicted molar refractivity (Wildman–Crippen MR) is 83.1 cm³/mol. The van der Waals surface area contributed by atoms with Crippen LogP contribution in [-0.4, -0.2) is 50.1 Å². The zero-order valence-electron chi connectivity index (χ0n) is 13.6. The highest BCUT2D eigenvalue weighted by Gasteiger charge is 2.11. The van der Waals surface area contributed by atoms with E-state index in [1.54, 1.807) is 7.11 Å². The van der Waals surface area contributed by atoms with Gasteiger partial charge in [-0.3, -0.25) is 0 Å². The Morgan fingerprint density at radius 2 is 1.81 bits per heavy atom. The van der Waals surface area contributed by atoms with Gasteiger partial charge in [-0.15, -0.1) is 0 Å². The van der Waals surface area contributed by atoms with Crippen LogP contribution < -0.4 is 10.1 Å². The second-order valence-corrected chi connectivity index (χ2v) is 4.65. The molecule has 0 bridgehead atoms. The van der Waals surface area contributed by atoms with E-state index in [0.29, 0.717) is 32.3 Å². The molecule has 0 unspecified atom stereocenters. The van der Waals surface area contributed by atoms with Crippen LogP contribution in [-0.2, 0) is 15.9 Å². The molecule has 6 heteroatoms. The minimum absolute atomic E-state index is 0.470. The summed E-state index contributed by atoms with van der Waals surface area (Å²) in [7, 11) is 1.65. The number of rotatable bonds is 11. The minimum Gasteiger partial charge on any atom is -0.475 e. The number of methoxy groups -OCH3 is 1. The number of hydrogen-bond donors (Lipinski definition) is 1. The molecule has 0 radical (unpaired) electrons. The van der Waals surface area contributed by atoms with Gasteiger partial charge in [0, 0.05) is 20.1 Å². The minimum atomic E-state index is 0.470. The third-order valence-electron chi connectivity index (χ3n) is 2.90. The fourth-order valence-corrected chi connectivity index (χ4v) is 1.70. The molecule has 0 amide bonds. The maximum absolute atomic E-state index is 5.72. The van der Waals surface area contributed by atoms with Crippen LogP contribution >= 0.6 is 0 Å². The van der Waals surface area contributed by atoms with E-state index < -0.39 is 0 Å². The summed E-state index contributed by atoms with van der Waals surface area (Å²) < 4.78 is 16.0. The molecule has 1 heterocycles. The second kappa shape index (κ2) is 10.3. The molecule has 6 nitrogen and oxygen atoms in total. The Balaban J connectivity index is 2.58. The van der Waals surface area contributed by atoms with Crippen molar-refractivity contribution in [2.75, 3.05) is 45.4 Å². The van der Waals surface area contributed by atoms with Crippen LogP contribution in [0, 0.1) is 6.92 Å². The number of nitrogens with one attached hydrogen (secondary N) is 1. The number of hydrogen-bond acceptors (Lipinski definition) is 6. The fourth-order valence-electron chi connectivity index (χ4n) is 1.70. The van der Waals surface area contributed by atoms with Crippen LogP contribution in [0.2, 0.25) is 0 Å². The standard InChI is InChI=1S/C15H27N3O3/c1-5-7-16-14-12(3)15(18-13(6-2)17-14)21-11-10-20-9-8-19-4/h5-11H2,1-4H3,(H,16,17,18). The number of aromatic nitrogens is 2. The van der Waals surface area contributed by atoms with E-state index in [9.17, 15) is 0 Å². The van der Waals surface area contributed by atoms with Crippen molar-refractivity contribution in [3.8, 4) is 5.88 Å². The maximum atomic E-state index is 5.72. The molecule has 0 saturated carbocycles. The van der Waals surface area contributed by atoms with E-state index in [1.165, 1.54) is 0 Å². The van der Waals surface area contributed by atoms with Crippen molar-refractivity contribution in [3.05, 3.63) is 11.4 Å². The number of anilines is 1. The molecule has 0 fully saturated rings.